The van der Waals surface area contributed by atoms with E-state index < -0.39 is 6.10 Å². The minimum absolute atomic E-state index is 0.256. The zero-order valence-electron chi connectivity index (χ0n) is 15.2. The van der Waals surface area contributed by atoms with Gasteiger partial charge in [0.2, 0.25) is 0 Å². The van der Waals surface area contributed by atoms with Crippen LogP contribution in [0.1, 0.15) is 46.5 Å². The van der Waals surface area contributed by atoms with Crippen molar-refractivity contribution in [1.82, 2.24) is 0 Å². The molecule has 0 bridgehead atoms. The van der Waals surface area contributed by atoms with Crippen LogP contribution in [0.5, 0.6) is 0 Å². The number of carbonyl (C=O) groups excluding carboxylic acids is 3. The lowest BCUT2D eigenvalue weighted by molar-refractivity contribution is -0.158. The Bertz CT molecular complexity index is 492. The second-order valence-electron chi connectivity index (χ2n) is 5.38. The molecule has 1 aliphatic carbocycles. The summed E-state index contributed by atoms with van der Waals surface area (Å²) in [6.45, 7) is 8.56. The van der Waals surface area contributed by atoms with Gasteiger partial charge in [0.25, 0.3) is 0 Å². The van der Waals surface area contributed by atoms with Gasteiger partial charge in [-0.05, 0) is 31.4 Å². The summed E-state index contributed by atoms with van der Waals surface area (Å²) in [5.74, 6) is -1.29. The Morgan fingerprint density at radius 2 is 1.96 bits per heavy atom. The van der Waals surface area contributed by atoms with Gasteiger partial charge >= 0.3 is 17.9 Å². The molecule has 0 saturated carbocycles. The van der Waals surface area contributed by atoms with Gasteiger partial charge in [0, 0.05) is 13.8 Å². The molecule has 2 atom stereocenters. The van der Waals surface area contributed by atoms with Crippen molar-refractivity contribution < 1.29 is 28.6 Å². The van der Waals surface area contributed by atoms with Crippen LogP contribution in [0.15, 0.2) is 37.1 Å². The highest BCUT2D eigenvalue weighted by atomic mass is 16.6. The quantitative estimate of drug-likeness (QED) is 0.174. The first kappa shape index (κ1) is 22.6. The van der Waals surface area contributed by atoms with Crippen LogP contribution in [0, 0.1) is 5.92 Å². The molecule has 1 aliphatic rings. The van der Waals surface area contributed by atoms with E-state index in [-0.39, 0.29) is 23.8 Å². The third-order valence-electron chi connectivity index (χ3n) is 3.16. The normalized spacial score (nSPS) is 18.7. The van der Waals surface area contributed by atoms with Crippen molar-refractivity contribution in [2.24, 2.45) is 5.92 Å². The maximum absolute atomic E-state index is 11.8. The summed E-state index contributed by atoms with van der Waals surface area (Å²) in [5.41, 5.74) is 0. The van der Waals surface area contributed by atoms with Gasteiger partial charge in [-0.25, -0.2) is 0 Å². The van der Waals surface area contributed by atoms with E-state index in [9.17, 15) is 14.4 Å². The number of rotatable bonds is 7. The monoisotopic (exact) mass is 352 g/mol. The van der Waals surface area contributed by atoms with E-state index in [4.69, 9.17) is 9.47 Å². The molecule has 0 aliphatic heterocycles. The number of allylic oxidation sites excluding steroid dienone is 3. The van der Waals surface area contributed by atoms with Crippen molar-refractivity contribution >= 4 is 17.9 Å². The molecule has 1 rings (SSSR count). The molecule has 2 unspecified atom stereocenters. The molecule has 0 spiro atoms. The number of carbonyl (C=O) groups is 3. The molecule has 6 heteroatoms. The molecule has 6 nitrogen and oxygen atoms in total. The van der Waals surface area contributed by atoms with E-state index in [2.05, 4.69) is 11.3 Å². The minimum atomic E-state index is -0.463. The third-order valence-corrected chi connectivity index (χ3v) is 3.16. The van der Waals surface area contributed by atoms with Gasteiger partial charge in [0.05, 0.1) is 18.8 Å². The average molecular weight is 352 g/mol. The second-order valence-corrected chi connectivity index (χ2v) is 5.38. The Hall–Kier alpha value is -2.37. The molecule has 0 radical (unpaired) electrons. The largest absolute Gasteiger partial charge is 0.465 e. The van der Waals surface area contributed by atoms with Gasteiger partial charge in [0.15, 0.2) is 0 Å². The summed E-state index contributed by atoms with van der Waals surface area (Å²) in [4.78, 5) is 32.8. The Labute approximate surface area is 149 Å². The molecule has 140 valence electrons. The van der Waals surface area contributed by atoms with E-state index in [1.165, 1.54) is 26.2 Å². The molecule has 0 heterocycles. The van der Waals surface area contributed by atoms with Crippen LogP contribution in [0.2, 0.25) is 0 Å². The molecule has 0 fully saturated rings. The van der Waals surface area contributed by atoms with Crippen LogP contribution in [-0.4, -0.2) is 30.6 Å². The van der Waals surface area contributed by atoms with Crippen LogP contribution in [0.3, 0.4) is 0 Å². The summed E-state index contributed by atoms with van der Waals surface area (Å²) >= 11 is 0. The average Bonchev–Trinajstić information content (AvgIpc) is 2.55. The lowest BCUT2D eigenvalue weighted by Gasteiger charge is -2.25. The van der Waals surface area contributed by atoms with E-state index >= 15 is 0 Å². The highest BCUT2D eigenvalue weighted by Gasteiger charge is 2.31. The Morgan fingerprint density at radius 3 is 2.52 bits per heavy atom. The summed E-state index contributed by atoms with van der Waals surface area (Å²) in [5, 5.41) is 0. The molecule has 0 aromatic carbocycles. The molecule has 0 N–H and O–H groups in total. The lowest BCUT2D eigenvalue weighted by Crippen LogP contribution is -2.33. The van der Waals surface area contributed by atoms with Crippen molar-refractivity contribution in [3.63, 3.8) is 0 Å². The molecule has 0 aromatic rings. The maximum atomic E-state index is 11.8. The summed E-state index contributed by atoms with van der Waals surface area (Å²) in [6, 6.07) is 0. The minimum Gasteiger partial charge on any atom is -0.465 e. The predicted octanol–water partition coefficient (Wildman–Crippen LogP) is 3.48. The maximum Gasteiger partial charge on any atom is 0.313 e. The van der Waals surface area contributed by atoms with Crippen molar-refractivity contribution in [3.05, 3.63) is 37.1 Å². The standard InChI is InChI=1S/C13H20O4.C6H8O2/c1-3-4-9-16-13(15)11-7-5-6-8-12(11)17-10(2)14;1-3-4-5-8-6(2)7/h6,8,11-12H,3-5,7,9H2,1-2H3;3-5H,1H2,2H3/b;5-4+. The predicted molar refractivity (Wildman–Crippen MR) is 94.4 cm³/mol. The SMILES string of the molecule is C=C/C=C/OC(C)=O.CCCCOC(=O)C1CCC=CC1OC(C)=O. The fourth-order valence-electron chi connectivity index (χ4n) is 1.98. The Balaban J connectivity index is 0.000000609. The molecule has 0 saturated heterocycles. The zero-order valence-corrected chi connectivity index (χ0v) is 15.2. The lowest BCUT2D eigenvalue weighted by atomic mass is 9.91. The highest BCUT2D eigenvalue weighted by Crippen LogP contribution is 2.23. The van der Waals surface area contributed by atoms with Crippen LogP contribution in [-0.2, 0) is 28.6 Å². The van der Waals surface area contributed by atoms with Crippen LogP contribution < -0.4 is 0 Å². The second kappa shape index (κ2) is 14.0. The van der Waals surface area contributed by atoms with Gasteiger partial charge in [-0.1, -0.05) is 32.1 Å². The van der Waals surface area contributed by atoms with Crippen molar-refractivity contribution in [2.75, 3.05) is 6.61 Å². The van der Waals surface area contributed by atoms with E-state index in [1.54, 1.807) is 12.2 Å². The van der Waals surface area contributed by atoms with Crippen LogP contribution in [0.25, 0.3) is 0 Å². The number of unbranched alkanes of at least 4 members (excludes halogenated alkanes) is 1. The van der Waals surface area contributed by atoms with Gasteiger partial charge in [-0.2, -0.15) is 0 Å². The topological polar surface area (TPSA) is 78.9 Å². The summed E-state index contributed by atoms with van der Waals surface area (Å²) in [6.07, 6.45) is 11.0. The van der Waals surface area contributed by atoms with Gasteiger partial charge in [0.1, 0.15) is 6.10 Å². The van der Waals surface area contributed by atoms with Gasteiger partial charge < -0.3 is 14.2 Å². The number of hydrogen-bond donors (Lipinski definition) is 0. The van der Waals surface area contributed by atoms with Crippen molar-refractivity contribution in [2.45, 2.75) is 52.6 Å². The van der Waals surface area contributed by atoms with Gasteiger partial charge in [-0.3, -0.25) is 14.4 Å². The fourth-order valence-corrected chi connectivity index (χ4v) is 1.98. The Kier molecular flexibility index (Phi) is 12.7. The summed E-state index contributed by atoms with van der Waals surface area (Å²) < 4.78 is 14.7. The number of ether oxygens (including phenoxy) is 3. The van der Waals surface area contributed by atoms with E-state index in [1.807, 2.05) is 13.0 Å². The Morgan fingerprint density at radius 1 is 1.24 bits per heavy atom. The molecule has 0 amide bonds. The van der Waals surface area contributed by atoms with Crippen LogP contribution >= 0.6 is 0 Å². The number of hydrogen-bond acceptors (Lipinski definition) is 6. The first-order valence-electron chi connectivity index (χ1n) is 8.37. The molecular weight excluding hydrogens is 324 g/mol. The van der Waals surface area contributed by atoms with Gasteiger partial charge in [-0.15, -0.1) is 0 Å². The molecule has 0 aromatic heterocycles. The molecular formula is C19H28O6. The van der Waals surface area contributed by atoms with Crippen molar-refractivity contribution in [3.8, 4) is 0 Å². The first-order chi connectivity index (χ1) is 11.9. The van der Waals surface area contributed by atoms with Crippen molar-refractivity contribution in [1.29, 1.82) is 0 Å². The van der Waals surface area contributed by atoms with E-state index in [0.29, 0.717) is 13.0 Å². The first-order valence-corrected chi connectivity index (χ1v) is 8.37. The zero-order chi connectivity index (χ0) is 19.1. The van der Waals surface area contributed by atoms with Crippen LogP contribution in [0.4, 0.5) is 0 Å². The molecule has 25 heavy (non-hydrogen) atoms. The summed E-state index contributed by atoms with van der Waals surface area (Å²) in [7, 11) is 0. The third kappa shape index (κ3) is 11.8. The number of esters is 3. The smallest absolute Gasteiger partial charge is 0.313 e. The fraction of sp³-hybridized carbons (Fsp3) is 0.526. The van der Waals surface area contributed by atoms with E-state index in [0.717, 1.165) is 19.3 Å². The highest BCUT2D eigenvalue weighted by molar-refractivity contribution is 5.75.